The van der Waals surface area contributed by atoms with Gasteiger partial charge >= 0.3 is 0 Å². The number of hydrogen-bond donors (Lipinski definition) is 3. The van der Waals surface area contributed by atoms with E-state index in [2.05, 4.69) is 21.2 Å². The Hall–Kier alpha value is -0.910. The van der Waals surface area contributed by atoms with E-state index < -0.39 is 6.10 Å². The minimum absolute atomic E-state index is 0.0534. The highest BCUT2D eigenvalue weighted by atomic mass is 79.9. The Morgan fingerprint density at radius 3 is 2.81 bits per heavy atom. The van der Waals surface area contributed by atoms with Crippen LogP contribution in [0.5, 0.6) is 0 Å². The molecule has 3 N–H and O–H groups in total. The molecule has 88 valence electrons. The van der Waals surface area contributed by atoms with Crippen molar-refractivity contribution in [1.82, 2.24) is 0 Å². The second kappa shape index (κ2) is 5.98. The van der Waals surface area contributed by atoms with Crippen LogP contribution in [0.4, 0.5) is 5.69 Å². The number of benzene rings is 1. The van der Waals surface area contributed by atoms with Crippen molar-refractivity contribution in [1.29, 1.82) is 0 Å². The molecule has 0 bridgehead atoms. The standard InChI is InChI=1S/C11H14BrNO3/c1-7(15)9-3-2-4-10(12)11(9)13-5-8(16)6-14/h2-4,8,13-14,16H,5-6H2,1H3. The Labute approximate surface area is 102 Å². The molecule has 0 saturated carbocycles. The number of aliphatic hydroxyl groups excluding tert-OH is 2. The molecule has 0 heterocycles. The van der Waals surface area contributed by atoms with E-state index in [0.29, 0.717) is 11.3 Å². The first-order valence-electron chi connectivity index (χ1n) is 4.88. The van der Waals surface area contributed by atoms with Crippen molar-refractivity contribution in [3.63, 3.8) is 0 Å². The predicted octanol–water partition coefficient (Wildman–Crippen LogP) is 1.42. The predicted molar refractivity (Wildman–Crippen MR) is 65.7 cm³/mol. The highest BCUT2D eigenvalue weighted by Gasteiger charge is 2.11. The zero-order chi connectivity index (χ0) is 12.1. The van der Waals surface area contributed by atoms with E-state index in [0.717, 1.165) is 4.47 Å². The molecule has 0 fully saturated rings. The third kappa shape index (κ3) is 3.30. The van der Waals surface area contributed by atoms with E-state index in [1.807, 2.05) is 0 Å². The molecule has 1 atom stereocenters. The van der Waals surface area contributed by atoms with Crippen LogP contribution in [0.2, 0.25) is 0 Å². The summed E-state index contributed by atoms with van der Waals surface area (Å²) in [5.41, 5.74) is 1.20. The fraction of sp³-hybridized carbons (Fsp3) is 0.364. The van der Waals surface area contributed by atoms with Crippen molar-refractivity contribution < 1.29 is 15.0 Å². The molecule has 16 heavy (non-hydrogen) atoms. The summed E-state index contributed by atoms with van der Waals surface area (Å²) in [5.74, 6) is -0.0534. The maximum atomic E-state index is 11.4. The molecular formula is C11H14BrNO3. The summed E-state index contributed by atoms with van der Waals surface area (Å²) in [6.45, 7) is 1.36. The van der Waals surface area contributed by atoms with Crippen LogP contribution >= 0.6 is 15.9 Å². The number of carbonyl (C=O) groups excluding carboxylic acids is 1. The van der Waals surface area contributed by atoms with Crippen molar-refractivity contribution in [2.75, 3.05) is 18.5 Å². The van der Waals surface area contributed by atoms with Crippen LogP contribution in [-0.4, -0.2) is 35.3 Å². The Morgan fingerprint density at radius 2 is 2.25 bits per heavy atom. The van der Waals surface area contributed by atoms with Gasteiger partial charge in [0.25, 0.3) is 0 Å². The lowest BCUT2D eigenvalue weighted by Crippen LogP contribution is -2.23. The molecule has 1 rings (SSSR count). The molecule has 0 saturated heterocycles. The smallest absolute Gasteiger partial charge is 0.161 e. The van der Waals surface area contributed by atoms with Gasteiger partial charge in [-0.1, -0.05) is 6.07 Å². The van der Waals surface area contributed by atoms with Gasteiger partial charge in [-0.05, 0) is 35.0 Å². The van der Waals surface area contributed by atoms with Crippen molar-refractivity contribution >= 4 is 27.4 Å². The average Bonchev–Trinajstić information content (AvgIpc) is 2.26. The van der Waals surface area contributed by atoms with Crippen LogP contribution in [0.3, 0.4) is 0 Å². The van der Waals surface area contributed by atoms with E-state index >= 15 is 0 Å². The first-order chi connectivity index (χ1) is 7.56. The molecule has 1 aromatic carbocycles. The van der Waals surface area contributed by atoms with Crippen LogP contribution in [0.15, 0.2) is 22.7 Å². The average molecular weight is 288 g/mol. The molecule has 4 nitrogen and oxygen atoms in total. The fourth-order valence-electron chi connectivity index (χ4n) is 1.28. The Balaban J connectivity index is 2.88. The van der Waals surface area contributed by atoms with Gasteiger partial charge in [0.1, 0.15) is 0 Å². The zero-order valence-corrected chi connectivity index (χ0v) is 10.5. The summed E-state index contributed by atoms with van der Waals surface area (Å²) in [5, 5.41) is 20.9. The molecule has 0 spiro atoms. The highest BCUT2D eigenvalue weighted by molar-refractivity contribution is 9.10. The maximum Gasteiger partial charge on any atom is 0.161 e. The van der Waals surface area contributed by atoms with Crippen molar-refractivity contribution in [3.8, 4) is 0 Å². The molecule has 0 amide bonds. The van der Waals surface area contributed by atoms with E-state index in [1.54, 1.807) is 18.2 Å². The number of nitrogens with one attached hydrogen (secondary N) is 1. The fourth-order valence-corrected chi connectivity index (χ4v) is 1.79. The summed E-state index contributed by atoms with van der Waals surface area (Å²) < 4.78 is 0.755. The summed E-state index contributed by atoms with van der Waals surface area (Å²) in [7, 11) is 0. The number of hydrogen-bond acceptors (Lipinski definition) is 4. The molecule has 5 heteroatoms. The number of halogens is 1. The van der Waals surface area contributed by atoms with Crippen LogP contribution in [0.25, 0.3) is 0 Å². The third-order valence-corrected chi connectivity index (χ3v) is 2.78. The number of ketones is 1. The molecular weight excluding hydrogens is 274 g/mol. The topological polar surface area (TPSA) is 69.6 Å². The van der Waals surface area contributed by atoms with E-state index in [-0.39, 0.29) is 18.9 Å². The van der Waals surface area contributed by atoms with Crippen LogP contribution in [0, 0.1) is 0 Å². The molecule has 0 aliphatic heterocycles. The van der Waals surface area contributed by atoms with Gasteiger partial charge in [-0.2, -0.15) is 0 Å². The van der Waals surface area contributed by atoms with Gasteiger partial charge in [-0.15, -0.1) is 0 Å². The van der Waals surface area contributed by atoms with Crippen LogP contribution in [-0.2, 0) is 0 Å². The Kier molecular flexibility index (Phi) is 4.92. The largest absolute Gasteiger partial charge is 0.394 e. The number of carbonyl (C=O) groups is 1. The lowest BCUT2D eigenvalue weighted by atomic mass is 10.1. The lowest BCUT2D eigenvalue weighted by Gasteiger charge is -2.14. The minimum Gasteiger partial charge on any atom is -0.394 e. The van der Waals surface area contributed by atoms with Crippen LogP contribution in [0.1, 0.15) is 17.3 Å². The second-order valence-corrected chi connectivity index (χ2v) is 4.29. The van der Waals surface area contributed by atoms with Gasteiger partial charge in [-0.25, -0.2) is 0 Å². The van der Waals surface area contributed by atoms with E-state index in [4.69, 9.17) is 5.11 Å². The summed E-state index contributed by atoms with van der Waals surface area (Å²) in [4.78, 5) is 11.4. The first kappa shape index (κ1) is 13.2. The van der Waals surface area contributed by atoms with Gasteiger partial charge in [0.15, 0.2) is 5.78 Å². The lowest BCUT2D eigenvalue weighted by molar-refractivity contribution is 0.101. The zero-order valence-electron chi connectivity index (χ0n) is 8.90. The Bertz CT molecular complexity index is 381. The summed E-state index contributed by atoms with van der Waals surface area (Å²) in [6, 6.07) is 5.29. The van der Waals surface area contributed by atoms with Gasteiger partial charge in [0.05, 0.1) is 18.4 Å². The van der Waals surface area contributed by atoms with Crippen LogP contribution < -0.4 is 5.32 Å². The van der Waals surface area contributed by atoms with Crippen molar-refractivity contribution in [2.45, 2.75) is 13.0 Å². The highest BCUT2D eigenvalue weighted by Crippen LogP contribution is 2.26. The molecule has 0 aromatic heterocycles. The molecule has 0 aliphatic carbocycles. The monoisotopic (exact) mass is 287 g/mol. The normalized spacial score (nSPS) is 12.2. The molecule has 1 unspecified atom stereocenters. The summed E-state index contributed by atoms with van der Waals surface area (Å²) in [6.07, 6.45) is -0.841. The second-order valence-electron chi connectivity index (χ2n) is 3.44. The van der Waals surface area contributed by atoms with Crippen molar-refractivity contribution in [3.05, 3.63) is 28.2 Å². The number of aliphatic hydroxyl groups is 2. The van der Waals surface area contributed by atoms with Gasteiger partial charge in [0.2, 0.25) is 0 Å². The number of Topliss-reactive ketones (excluding diaryl/α,β-unsaturated/α-hetero) is 1. The summed E-state index contributed by atoms with van der Waals surface area (Å²) >= 11 is 3.33. The first-order valence-corrected chi connectivity index (χ1v) is 5.67. The number of rotatable bonds is 5. The Morgan fingerprint density at radius 1 is 1.56 bits per heavy atom. The molecule has 0 radical (unpaired) electrons. The van der Waals surface area contributed by atoms with Gasteiger partial charge in [-0.3, -0.25) is 4.79 Å². The SMILES string of the molecule is CC(=O)c1cccc(Br)c1NCC(O)CO. The van der Waals surface area contributed by atoms with Gasteiger partial charge in [0, 0.05) is 16.6 Å². The number of anilines is 1. The number of para-hydroxylation sites is 1. The van der Waals surface area contributed by atoms with Gasteiger partial charge < -0.3 is 15.5 Å². The maximum absolute atomic E-state index is 11.4. The van der Waals surface area contributed by atoms with E-state index in [9.17, 15) is 9.90 Å². The molecule has 1 aromatic rings. The minimum atomic E-state index is -0.841. The van der Waals surface area contributed by atoms with E-state index in [1.165, 1.54) is 6.92 Å². The third-order valence-electron chi connectivity index (χ3n) is 2.12. The molecule has 0 aliphatic rings. The quantitative estimate of drug-likeness (QED) is 0.717. The van der Waals surface area contributed by atoms with Crippen molar-refractivity contribution in [2.24, 2.45) is 0 Å².